The second-order valence-electron chi connectivity index (χ2n) is 4.03. The van der Waals surface area contributed by atoms with Gasteiger partial charge in [-0.3, -0.25) is 0 Å². The van der Waals surface area contributed by atoms with Gasteiger partial charge >= 0.3 is 0 Å². The molecule has 0 fully saturated rings. The highest BCUT2D eigenvalue weighted by Crippen LogP contribution is 2.19. The Morgan fingerprint density at radius 3 is 2.80 bits per heavy atom. The van der Waals surface area contributed by atoms with Crippen LogP contribution in [0, 0.1) is 11.6 Å². The van der Waals surface area contributed by atoms with Gasteiger partial charge in [-0.05, 0) is 40.2 Å². The van der Waals surface area contributed by atoms with Gasteiger partial charge in [-0.15, -0.1) is 0 Å². The van der Waals surface area contributed by atoms with Crippen molar-refractivity contribution in [2.24, 2.45) is 0 Å². The van der Waals surface area contributed by atoms with E-state index in [1.54, 1.807) is 12.3 Å². The van der Waals surface area contributed by atoms with E-state index >= 15 is 0 Å². The molecule has 0 N–H and O–H groups in total. The fraction of sp³-hybridized carbons (Fsp3) is 0. The van der Waals surface area contributed by atoms with Crippen LogP contribution in [-0.4, -0.2) is 9.97 Å². The molecule has 100 valence electrons. The van der Waals surface area contributed by atoms with Crippen LogP contribution in [0.1, 0.15) is 11.5 Å². The molecule has 3 nitrogen and oxygen atoms in total. The van der Waals surface area contributed by atoms with Crippen molar-refractivity contribution in [3.05, 3.63) is 58.0 Å². The number of pyridine rings is 1. The molecule has 3 aromatic rings. The number of halogens is 3. The average Bonchev–Trinajstić information content (AvgIpc) is 2.79. The van der Waals surface area contributed by atoms with Crippen molar-refractivity contribution < 1.29 is 13.2 Å². The fourth-order valence-corrected chi connectivity index (χ4v) is 2.00. The molecule has 0 aliphatic rings. The number of hydrogen-bond donors (Lipinski definition) is 0. The standard InChI is InChI=1S/C14H7BrF2N2O/c15-9-5-12-14(18-7-9)20-13(19-12)4-2-8-1-3-10(16)6-11(8)17/h1-7H. The number of fused-ring (bicyclic) bond motifs is 1. The summed E-state index contributed by atoms with van der Waals surface area (Å²) in [6.07, 6.45) is 4.57. The van der Waals surface area contributed by atoms with Gasteiger partial charge < -0.3 is 4.42 Å². The van der Waals surface area contributed by atoms with Crippen LogP contribution >= 0.6 is 15.9 Å². The Balaban J connectivity index is 1.94. The lowest BCUT2D eigenvalue weighted by molar-refractivity contribution is 0.578. The van der Waals surface area contributed by atoms with E-state index < -0.39 is 11.6 Å². The molecule has 0 aliphatic carbocycles. The summed E-state index contributed by atoms with van der Waals surface area (Å²) < 4.78 is 32.4. The summed E-state index contributed by atoms with van der Waals surface area (Å²) in [5.74, 6) is -0.955. The van der Waals surface area contributed by atoms with Crippen LogP contribution in [0.4, 0.5) is 8.78 Å². The van der Waals surface area contributed by atoms with Crippen LogP contribution in [0.25, 0.3) is 23.4 Å². The normalized spacial score (nSPS) is 11.6. The largest absolute Gasteiger partial charge is 0.418 e. The molecular weight excluding hydrogens is 330 g/mol. The molecule has 20 heavy (non-hydrogen) atoms. The van der Waals surface area contributed by atoms with E-state index in [1.807, 2.05) is 0 Å². The zero-order valence-corrected chi connectivity index (χ0v) is 11.6. The predicted molar refractivity (Wildman–Crippen MR) is 74.8 cm³/mol. The van der Waals surface area contributed by atoms with Crippen LogP contribution in [0.15, 0.2) is 39.4 Å². The first-order valence-corrected chi connectivity index (χ1v) is 6.46. The van der Waals surface area contributed by atoms with Gasteiger partial charge in [0, 0.05) is 28.4 Å². The number of hydrogen-bond acceptors (Lipinski definition) is 3. The van der Waals surface area contributed by atoms with E-state index in [-0.39, 0.29) is 5.56 Å². The molecule has 0 amide bonds. The summed E-state index contributed by atoms with van der Waals surface area (Å²) >= 11 is 3.29. The summed E-state index contributed by atoms with van der Waals surface area (Å²) in [5.41, 5.74) is 1.24. The first-order chi connectivity index (χ1) is 9.61. The van der Waals surface area contributed by atoms with Crippen molar-refractivity contribution >= 4 is 39.3 Å². The van der Waals surface area contributed by atoms with E-state index in [0.29, 0.717) is 17.1 Å². The van der Waals surface area contributed by atoms with Crippen molar-refractivity contribution in [1.82, 2.24) is 9.97 Å². The molecule has 0 saturated heterocycles. The lowest BCUT2D eigenvalue weighted by Gasteiger charge is -1.95. The summed E-state index contributed by atoms with van der Waals surface area (Å²) in [5, 5.41) is 0. The topological polar surface area (TPSA) is 38.9 Å². The van der Waals surface area contributed by atoms with Gasteiger partial charge in [-0.25, -0.2) is 18.7 Å². The van der Waals surface area contributed by atoms with E-state index in [1.165, 1.54) is 24.3 Å². The van der Waals surface area contributed by atoms with E-state index in [9.17, 15) is 8.78 Å². The summed E-state index contributed by atoms with van der Waals surface area (Å²) in [6, 6.07) is 5.12. The summed E-state index contributed by atoms with van der Waals surface area (Å²) in [7, 11) is 0. The minimum absolute atomic E-state index is 0.253. The van der Waals surface area contributed by atoms with Crippen LogP contribution in [0.2, 0.25) is 0 Å². The number of benzene rings is 1. The monoisotopic (exact) mass is 336 g/mol. The fourth-order valence-electron chi connectivity index (χ4n) is 1.68. The molecule has 0 aliphatic heterocycles. The maximum Gasteiger partial charge on any atom is 0.247 e. The van der Waals surface area contributed by atoms with Gasteiger partial charge in [-0.1, -0.05) is 0 Å². The van der Waals surface area contributed by atoms with Crippen LogP contribution in [-0.2, 0) is 0 Å². The third kappa shape index (κ3) is 2.60. The zero-order valence-electron chi connectivity index (χ0n) is 9.98. The highest BCUT2D eigenvalue weighted by atomic mass is 79.9. The van der Waals surface area contributed by atoms with Crippen molar-refractivity contribution in [2.75, 3.05) is 0 Å². The average molecular weight is 337 g/mol. The smallest absolute Gasteiger partial charge is 0.247 e. The minimum atomic E-state index is -0.641. The maximum atomic E-state index is 13.4. The second kappa shape index (κ2) is 5.13. The minimum Gasteiger partial charge on any atom is -0.418 e. The molecule has 3 rings (SSSR count). The lowest BCUT2D eigenvalue weighted by atomic mass is 10.2. The van der Waals surface area contributed by atoms with Gasteiger partial charge in [-0.2, -0.15) is 0 Å². The second-order valence-corrected chi connectivity index (χ2v) is 4.94. The zero-order chi connectivity index (χ0) is 14.1. The molecular formula is C14H7BrF2N2O. The van der Waals surface area contributed by atoms with Crippen molar-refractivity contribution in [3.8, 4) is 0 Å². The van der Waals surface area contributed by atoms with E-state index in [0.717, 1.165) is 10.5 Å². The van der Waals surface area contributed by atoms with E-state index in [2.05, 4.69) is 25.9 Å². The number of oxazole rings is 1. The number of aromatic nitrogens is 2. The van der Waals surface area contributed by atoms with Gasteiger partial charge in [0.1, 0.15) is 17.2 Å². The van der Waals surface area contributed by atoms with Gasteiger partial charge in [0.05, 0.1) is 0 Å². The number of rotatable bonds is 2. The lowest BCUT2D eigenvalue weighted by Crippen LogP contribution is -1.83. The molecule has 1 aromatic carbocycles. The van der Waals surface area contributed by atoms with Crippen LogP contribution in [0.5, 0.6) is 0 Å². The molecule has 0 saturated carbocycles. The van der Waals surface area contributed by atoms with Crippen molar-refractivity contribution in [2.45, 2.75) is 0 Å². The Hall–Kier alpha value is -2.08. The van der Waals surface area contributed by atoms with Gasteiger partial charge in [0.15, 0.2) is 0 Å². The Bertz CT molecular complexity index is 814. The summed E-state index contributed by atoms with van der Waals surface area (Å²) in [4.78, 5) is 8.25. The summed E-state index contributed by atoms with van der Waals surface area (Å²) in [6.45, 7) is 0. The third-order valence-electron chi connectivity index (χ3n) is 2.60. The third-order valence-corrected chi connectivity index (χ3v) is 3.03. The van der Waals surface area contributed by atoms with Gasteiger partial charge in [0.25, 0.3) is 0 Å². The first kappa shape index (κ1) is 12.9. The first-order valence-electron chi connectivity index (χ1n) is 5.67. The van der Waals surface area contributed by atoms with Crippen molar-refractivity contribution in [3.63, 3.8) is 0 Å². The molecule has 0 radical (unpaired) electrons. The highest BCUT2D eigenvalue weighted by molar-refractivity contribution is 9.10. The van der Waals surface area contributed by atoms with Crippen LogP contribution < -0.4 is 0 Å². The Morgan fingerprint density at radius 1 is 1.15 bits per heavy atom. The van der Waals surface area contributed by atoms with E-state index in [4.69, 9.17) is 4.42 Å². The predicted octanol–water partition coefficient (Wildman–Crippen LogP) is 4.43. The Labute approximate surface area is 121 Å². The SMILES string of the molecule is Fc1ccc(C=Cc2nc3cc(Br)cnc3o2)c(F)c1. The highest BCUT2D eigenvalue weighted by Gasteiger charge is 2.05. The van der Waals surface area contributed by atoms with Crippen molar-refractivity contribution in [1.29, 1.82) is 0 Å². The molecule has 6 heteroatoms. The Morgan fingerprint density at radius 2 is 2.00 bits per heavy atom. The molecule has 0 spiro atoms. The molecule has 0 atom stereocenters. The molecule has 2 heterocycles. The maximum absolute atomic E-state index is 13.4. The van der Waals surface area contributed by atoms with Crippen LogP contribution in [0.3, 0.4) is 0 Å². The van der Waals surface area contributed by atoms with Gasteiger partial charge in [0.2, 0.25) is 11.6 Å². The number of nitrogens with zero attached hydrogens (tertiary/aromatic N) is 2. The Kier molecular flexibility index (Phi) is 3.31. The quantitative estimate of drug-likeness (QED) is 0.694. The molecule has 0 unspecified atom stereocenters. The molecule has 2 aromatic heterocycles. The molecule has 0 bridgehead atoms.